The van der Waals surface area contributed by atoms with Gasteiger partial charge < -0.3 is 0 Å². The van der Waals surface area contributed by atoms with E-state index in [1.165, 1.54) is 12.8 Å². The minimum absolute atomic E-state index is 0.0691. The first-order valence-corrected chi connectivity index (χ1v) is 32.2. The molecule has 0 radical (unpaired) electrons. The summed E-state index contributed by atoms with van der Waals surface area (Å²) < 4.78 is 130. The molecule has 0 N–H and O–H groups in total. The number of hydrogen-bond donors (Lipinski definition) is 0. The van der Waals surface area contributed by atoms with Crippen LogP contribution >= 0.6 is 14.1 Å². The van der Waals surface area contributed by atoms with Crippen molar-refractivity contribution in [3.05, 3.63) is 271 Å². The van der Waals surface area contributed by atoms with Gasteiger partial charge in [0, 0.05) is 0 Å². The van der Waals surface area contributed by atoms with Gasteiger partial charge in [0.25, 0.3) is 0 Å². The Labute approximate surface area is 476 Å². The molecule has 0 unspecified atom stereocenters. The van der Waals surface area contributed by atoms with Gasteiger partial charge in [0.1, 0.15) is 0 Å². The van der Waals surface area contributed by atoms with Crippen molar-refractivity contribution in [2.45, 2.75) is 88.4 Å². The molecule has 0 atom stereocenters. The molecule has 2 saturated carbocycles. The molecular weight excluding hydrogens is 1080 g/mol. The summed E-state index contributed by atoms with van der Waals surface area (Å²) in [6, 6.07) is 72.3. The van der Waals surface area contributed by atoms with Crippen LogP contribution in [0.25, 0.3) is 0 Å². The average molecular weight is 1150 g/mol. The van der Waals surface area contributed by atoms with Crippen LogP contribution in [0, 0.1) is 0 Å². The SMILES string of the molecule is FC(F)(F)c1cc(OB(OP(Oc2ccc(C3CCCCC3)cc2)(c2ccccc2)(c2ccccc2)c2ccccc2)OP(Oc2ccc(C3CCCCC3)cc2)(c2ccccc2)(c2ccccc2)c2ccccc2)cc(C(F)(F)F)c1. The molecule has 420 valence electrons. The van der Waals surface area contributed by atoms with E-state index in [4.69, 9.17) is 22.6 Å². The predicted octanol–water partition coefficient (Wildman–Crippen LogP) is 17.1. The standard InChI is InChI=1S/C68H63BF6O5P2/c70-67(71,72)56-49-57(68(73,74)75)51-60(50-56)76-69(79-81(61-29-13-3-14-30-61,62-31-15-4-16-32-62,63-33-17-5-18-34-63)77-58-45-41-54(42-46-58)52-25-9-1-10-26-52)80-82(64-35-19-6-20-36-64,65-37-21-7-22-38-65,66-39-23-8-24-40-66)78-59-47-43-55(44-48-59)53-27-11-2-12-28-53/h3-8,13-24,29-53H,1-2,9-12,25-28H2. The van der Waals surface area contributed by atoms with Crippen molar-refractivity contribution < 1.29 is 48.9 Å². The summed E-state index contributed by atoms with van der Waals surface area (Å²) in [5.74, 6) is 0.577. The molecule has 0 heterocycles. The quantitative estimate of drug-likeness (QED) is 0.0487. The zero-order valence-corrected chi connectivity index (χ0v) is 47.0. The Morgan fingerprint density at radius 3 is 0.841 bits per heavy atom. The van der Waals surface area contributed by atoms with E-state index in [0.29, 0.717) is 67.3 Å². The van der Waals surface area contributed by atoms with Gasteiger partial charge in [0.2, 0.25) is 0 Å². The van der Waals surface area contributed by atoms with Crippen LogP contribution in [0.1, 0.15) is 98.3 Å². The summed E-state index contributed by atoms with van der Waals surface area (Å²) in [5.41, 5.74) is -0.898. The molecule has 0 spiro atoms. The number of halogens is 6. The summed E-state index contributed by atoms with van der Waals surface area (Å²) in [5, 5.41) is 2.82. The van der Waals surface area contributed by atoms with Gasteiger partial charge >= 0.3 is 479 Å². The second-order valence-corrected chi connectivity index (χ2v) is 29.0. The van der Waals surface area contributed by atoms with Crippen LogP contribution in [0.15, 0.2) is 249 Å². The zero-order chi connectivity index (χ0) is 56.7. The molecule has 9 aromatic rings. The topological polar surface area (TPSA) is 46.2 Å². The average Bonchev–Trinajstić information content (AvgIpc) is 0.920. The van der Waals surface area contributed by atoms with Gasteiger partial charge in [0.15, 0.2) is 0 Å². The molecule has 0 aliphatic heterocycles. The van der Waals surface area contributed by atoms with E-state index in [2.05, 4.69) is 24.3 Å². The molecule has 14 heteroatoms. The van der Waals surface area contributed by atoms with E-state index >= 15 is 26.3 Å². The van der Waals surface area contributed by atoms with Crippen LogP contribution in [-0.2, 0) is 21.2 Å². The predicted molar refractivity (Wildman–Crippen MR) is 321 cm³/mol. The first-order valence-electron chi connectivity index (χ1n) is 28.1. The third-order valence-electron chi connectivity index (χ3n) is 16.2. The van der Waals surface area contributed by atoms with E-state index in [-0.39, 0.29) is 6.07 Å². The van der Waals surface area contributed by atoms with E-state index in [1.54, 1.807) is 0 Å². The second kappa shape index (κ2) is 23.6. The van der Waals surface area contributed by atoms with Crippen LogP contribution in [0.5, 0.6) is 17.2 Å². The van der Waals surface area contributed by atoms with E-state index in [0.717, 1.165) is 62.5 Å². The fourth-order valence-electron chi connectivity index (χ4n) is 12.2. The third kappa shape index (κ3) is 11.0. The first-order chi connectivity index (χ1) is 39.8. The molecule has 9 aromatic carbocycles. The maximum atomic E-state index is 15.1. The van der Waals surface area contributed by atoms with Crippen LogP contribution in [0.2, 0.25) is 0 Å². The number of benzene rings is 9. The summed E-state index contributed by atoms with van der Waals surface area (Å²) >= 11 is 0. The van der Waals surface area contributed by atoms with Crippen molar-refractivity contribution >= 4 is 53.3 Å². The van der Waals surface area contributed by atoms with Crippen molar-refractivity contribution in [2.24, 2.45) is 0 Å². The number of rotatable bonds is 18. The van der Waals surface area contributed by atoms with E-state index in [9.17, 15) is 0 Å². The van der Waals surface area contributed by atoms with Gasteiger partial charge in [-0.2, -0.15) is 0 Å². The third-order valence-corrected chi connectivity index (χ3v) is 25.9. The normalized spacial score (nSPS) is 15.7. The Bertz CT molecular complexity index is 3090. The fourth-order valence-corrected chi connectivity index (χ4v) is 21.6. The van der Waals surface area contributed by atoms with Crippen LogP contribution in [0.4, 0.5) is 26.3 Å². The number of alkyl halides is 6. The summed E-state index contributed by atoms with van der Waals surface area (Å²) in [6.45, 7) is 0. The fraction of sp³-hybridized carbons (Fsp3) is 0.206. The van der Waals surface area contributed by atoms with Gasteiger partial charge in [-0.3, -0.25) is 0 Å². The molecule has 0 amide bonds. The molecule has 2 aliphatic rings. The monoisotopic (exact) mass is 1150 g/mol. The van der Waals surface area contributed by atoms with Crippen molar-refractivity contribution in [3.63, 3.8) is 0 Å². The molecule has 2 aliphatic carbocycles. The van der Waals surface area contributed by atoms with Gasteiger partial charge in [-0.1, -0.05) is 0 Å². The molecule has 2 fully saturated rings. The number of hydrogen-bond acceptors (Lipinski definition) is 5. The minimum atomic E-state index is -5.44. The Morgan fingerprint density at radius 2 is 0.585 bits per heavy atom. The van der Waals surface area contributed by atoms with E-state index < -0.39 is 50.7 Å². The maximum absolute atomic E-state index is 15.1. The van der Waals surface area contributed by atoms with Crippen LogP contribution < -0.4 is 45.5 Å². The van der Waals surface area contributed by atoms with Crippen molar-refractivity contribution in [2.75, 3.05) is 0 Å². The van der Waals surface area contributed by atoms with Gasteiger partial charge in [-0.15, -0.1) is 0 Å². The Kier molecular flexibility index (Phi) is 16.3. The molecule has 0 bridgehead atoms. The summed E-state index contributed by atoms with van der Waals surface area (Å²) in [6.07, 6.45) is 0.546. The zero-order valence-electron chi connectivity index (χ0n) is 45.2. The van der Waals surface area contributed by atoms with Crippen LogP contribution in [0.3, 0.4) is 0 Å². The van der Waals surface area contributed by atoms with Gasteiger partial charge in [-0.05, 0) is 0 Å². The molecular formula is C68H63BF6O5P2. The van der Waals surface area contributed by atoms with Crippen molar-refractivity contribution in [1.82, 2.24) is 0 Å². The Hall–Kier alpha value is -7.20. The molecule has 5 nitrogen and oxygen atoms in total. The Morgan fingerprint density at radius 1 is 0.317 bits per heavy atom. The van der Waals surface area contributed by atoms with E-state index in [1.807, 2.05) is 206 Å². The summed E-state index contributed by atoms with van der Waals surface area (Å²) in [7, 11) is -13.2. The van der Waals surface area contributed by atoms with Crippen LogP contribution in [-0.4, -0.2) is 7.32 Å². The second-order valence-electron chi connectivity index (χ2n) is 21.3. The molecule has 11 rings (SSSR count). The molecule has 0 saturated heterocycles. The van der Waals surface area contributed by atoms with Crippen molar-refractivity contribution in [1.29, 1.82) is 0 Å². The van der Waals surface area contributed by atoms with Crippen molar-refractivity contribution in [3.8, 4) is 17.2 Å². The summed E-state index contributed by atoms with van der Waals surface area (Å²) in [4.78, 5) is 0. The molecule has 0 aromatic heterocycles. The molecule has 82 heavy (non-hydrogen) atoms. The first kappa shape index (κ1) is 56.7. The van der Waals surface area contributed by atoms with Gasteiger partial charge in [-0.25, -0.2) is 0 Å². The Balaban J connectivity index is 1.25. The van der Waals surface area contributed by atoms with Gasteiger partial charge in [0.05, 0.1) is 0 Å².